The summed E-state index contributed by atoms with van der Waals surface area (Å²) in [5.41, 5.74) is 1.18. The van der Waals surface area contributed by atoms with E-state index in [-0.39, 0.29) is 19.6 Å². The molecular weight excluding hydrogens is 346 g/mol. The van der Waals surface area contributed by atoms with Crippen molar-refractivity contribution in [2.45, 2.75) is 13.0 Å². The molecule has 0 aliphatic carbocycles. The molecule has 0 saturated heterocycles. The second kappa shape index (κ2) is 8.94. The molecule has 1 amide bonds. The van der Waals surface area contributed by atoms with E-state index in [1.165, 1.54) is 18.1 Å². The first-order valence-electron chi connectivity index (χ1n) is 7.55. The smallest absolute Gasteiger partial charge is 0.414 e. The summed E-state index contributed by atoms with van der Waals surface area (Å²) < 4.78 is 10.6. The van der Waals surface area contributed by atoms with E-state index in [0.717, 1.165) is 5.56 Å². The zero-order valence-corrected chi connectivity index (χ0v) is 14.4. The van der Waals surface area contributed by atoms with Gasteiger partial charge in [-0.05, 0) is 23.8 Å². The SMILES string of the molecule is COc1ccc(Cl)cc1N(CCC(=O)O)C(=O)OCc1ccccc1. The average Bonchev–Trinajstić information content (AvgIpc) is 2.61. The van der Waals surface area contributed by atoms with E-state index in [2.05, 4.69) is 0 Å². The molecule has 0 bridgehead atoms. The minimum Gasteiger partial charge on any atom is -0.495 e. The van der Waals surface area contributed by atoms with E-state index < -0.39 is 12.1 Å². The van der Waals surface area contributed by atoms with Crippen molar-refractivity contribution in [3.05, 3.63) is 59.1 Å². The number of aliphatic carboxylic acids is 1. The average molecular weight is 364 g/mol. The summed E-state index contributed by atoms with van der Waals surface area (Å²) in [5.74, 6) is -0.631. The van der Waals surface area contributed by atoms with Gasteiger partial charge in [0.05, 0.1) is 19.2 Å². The molecule has 1 N–H and O–H groups in total. The van der Waals surface area contributed by atoms with Gasteiger partial charge in [-0.25, -0.2) is 4.79 Å². The van der Waals surface area contributed by atoms with Crippen LogP contribution >= 0.6 is 11.6 Å². The van der Waals surface area contributed by atoms with Gasteiger partial charge in [0.1, 0.15) is 12.4 Å². The Morgan fingerprint density at radius 1 is 1.16 bits per heavy atom. The number of nitrogens with zero attached hydrogens (tertiary/aromatic N) is 1. The number of anilines is 1. The van der Waals surface area contributed by atoms with Gasteiger partial charge < -0.3 is 14.6 Å². The molecule has 2 aromatic rings. The maximum atomic E-state index is 12.5. The Bertz CT molecular complexity index is 736. The molecule has 0 aromatic heterocycles. The van der Waals surface area contributed by atoms with Crippen LogP contribution in [0.3, 0.4) is 0 Å². The lowest BCUT2D eigenvalue weighted by Crippen LogP contribution is -2.33. The molecular formula is C18H18ClNO5. The van der Waals surface area contributed by atoms with Gasteiger partial charge in [-0.3, -0.25) is 9.69 Å². The molecule has 2 rings (SSSR count). The zero-order chi connectivity index (χ0) is 18.2. The van der Waals surface area contributed by atoms with Crippen molar-refractivity contribution in [2.24, 2.45) is 0 Å². The topological polar surface area (TPSA) is 76.1 Å². The first kappa shape index (κ1) is 18.6. The lowest BCUT2D eigenvalue weighted by Gasteiger charge is -2.23. The normalized spacial score (nSPS) is 10.2. The number of amides is 1. The van der Waals surface area contributed by atoms with E-state index in [1.54, 1.807) is 12.1 Å². The molecule has 0 aliphatic rings. The number of hydrogen-bond acceptors (Lipinski definition) is 4. The van der Waals surface area contributed by atoms with Crippen LogP contribution in [-0.4, -0.2) is 30.8 Å². The lowest BCUT2D eigenvalue weighted by molar-refractivity contribution is -0.136. The van der Waals surface area contributed by atoms with E-state index in [9.17, 15) is 9.59 Å². The first-order chi connectivity index (χ1) is 12.0. The number of halogens is 1. The Kier molecular flexibility index (Phi) is 6.65. The monoisotopic (exact) mass is 363 g/mol. The van der Waals surface area contributed by atoms with E-state index in [1.807, 2.05) is 30.3 Å². The van der Waals surface area contributed by atoms with Crippen molar-refractivity contribution in [3.8, 4) is 5.75 Å². The van der Waals surface area contributed by atoms with Gasteiger partial charge in [0.2, 0.25) is 0 Å². The van der Waals surface area contributed by atoms with Crippen molar-refractivity contribution in [2.75, 3.05) is 18.6 Å². The van der Waals surface area contributed by atoms with Crippen LogP contribution in [0.5, 0.6) is 5.75 Å². The number of ether oxygens (including phenoxy) is 2. The van der Waals surface area contributed by atoms with E-state index in [0.29, 0.717) is 16.5 Å². The Morgan fingerprint density at radius 3 is 2.52 bits per heavy atom. The number of hydrogen-bond donors (Lipinski definition) is 1. The van der Waals surface area contributed by atoms with Crippen LogP contribution in [-0.2, 0) is 16.1 Å². The van der Waals surface area contributed by atoms with E-state index >= 15 is 0 Å². The fraction of sp³-hybridized carbons (Fsp3) is 0.222. The van der Waals surface area contributed by atoms with E-state index in [4.69, 9.17) is 26.2 Å². The minimum absolute atomic E-state index is 0.0698. The molecule has 7 heteroatoms. The van der Waals surface area contributed by atoms with Gasteiger partial charge in [0.25, 0.3) is 0 Å². The van der Waals surface area contributed by atoms with Crippen molar-refractivity contribution >= 4 is 29.4 Å². The Balaban J connectivity index is 2.21. The second-order valence-electron chi connectivity index (χ2n) is 5.15. The summed E-state index contributed by atoms with van der Waals surface area (Å²) >= 11 is 6.01. The zero-order valence-electron chi connectivity index (χ0n) is 13.6. The molecule has 6 nitrogen and oxygen atoms in total. The fourth-order valence-electron chi connectivity index (χ4n) is 2.19. The van der Waals surface area contributed by atoms with Gasteiger partial charge >= 0.3 is 12.1 Å². The highest BCUT2D eigenvalue weighted by molar-refractivity contribution is 6.31. The molecule has 0 fully saturated rings. The number of carbonyl (C=O) groups is 2. The maximum absolute atomic E-state index is 12.5. The number of benzene rings is 2. The van der Waals surface area contributed by atoms with Gasteiger partial charge in [0, 0.05) is 11.6 Å². The van der Waals surface area contributed by atoms with Crippen molar-refractivity contribution in [1.82, 2.24) is 0 Å². The lowest BCUT2D eigenvalue weighted by atomic mass is 10.2. The quantitative estimate of drug-likeness (QED) is 0.805. The molecule has 0 unspecified atom stereocenters. The number of rotatable bonds is 7. The predicted molar refractivity (Wildman–Crippen MR) is 94.2 cm³/mol. The van der Waals surface area contributed by atoms with Gasteiger partial charge in [-0.1, -0.05) is 41.9 Å². The third-order valence-electron chi connectivity index (χ3n) is 3.41. The highest BCUT2D eigenvalue weighted by Crippen LogP contribution is 2.32. The van der Waals surface area contributed by atoms with Crippen LogP contribution < -0.4 is 9.64 Å². The summed E-state index contributed by atoms with van der Waals surface area (Å²) in [4.78, 5) is 24.7. The van der Waals surface area contributed by atoms with Gasteiger partial charge in [-0.15, -0.1) is 0 Å². The first-order valence-corrected chi connectivity index (χ1v) is 7.92. The molecule has 25 heavy (non-hydrogen) atoms. The molecule has 0 aliphatic heterocycles. The van der Waals surface area contributed by atoms with Crippen molar-refractivity contribution in [3.63, 3.8) is 0 Å². The summed E-state index contributed by atoms with van der Waals surface area (Å²) in [6, 6.07) is 14.0. The standard InChI is InChI=1S/C18H18ClNO5/c1-24-16-8-7-14(19)11-15(16)20(10-9-17(21)22)18(23)25-12-13-5-3-2-4-6-13/h2-8,11H,9-10,12H2,1H3,(H,21,22). The Morgan fingerprint density at radius 2 is 1.88 bits per heavy atom. The number of carboxylic acids is 1. The molecule has 0 saturated carbocycles. The van der Waals surface area contributed by atoms with Crippen LogP contribution in [0.4, 0.5) is 10.5 Å². The largest absolute Gasteiger partial charge is 0.495 e. The van der Waals surface area contributed by atoms with Gasteiger partial charge in [0.15, 0.2) is 0 Å². The highest BCUT2D eigenvalue weighted by Gasteiger charge is 2.22. The summed E-state index contributed by atoms with van der Waals surface area (Å²) in [6.07, 6.45) is -0.915. The fourth-order valence-corrected chi connectivity index (χ4v) is 2.36. The summed E-state index contributed by atoms with van der Waals surface area (Å²) in [5, 5.41) is 9.34. The molecule has 132 valence electrons. The minimum atomic E-state index is -1.03. The van der Waals surface area contributed by atoms with Crippen molar-refractivity contribution in [1.29, 1.82) is 0 Å². The van der Waals surface area contributed by atoms with Crippen LogP contribution in [0.15, 0.2) is 48.5 Å². The predicted octanol–water partition coefficient (Wildman–Crippen LogP) is 3.97. The van der Waals surface area contributed by atoms with Crippen molar-refractivity contribution < 1.29 is 24.2 Å². The van der Waals surface area contributed by atoms with Gasteiger partial charge in [-0.2, -0.15) is 0 Å². The van der Waals surface area contributed by atoms with Crippen LogP contribution in [0, 0.1) is 0 Å². The van der Waals surface area contributed by atoms with Crippen LogP contribution in [0.25, 0.3) is 0 Å². The molecule has 0 atom stereocenters. The Labute approximate surface area is 150 Å². The highest BCUT2D eigenvalue weighted by atomic mass is 35.5. The number of carbonyl (C=O) groups excluding carboxylic acids is 1. The summed E-state index contributed by atoms with van der Waals surface area (Å²) in [6.45, 7) is 0.00574. The Hall–Kier alpha value is -2.73. The molecule has 0 spiro atoms. The third kappa shape index (κ3) is 5.39. The molecule has 0 heterocycles. The number of methoxy groups -OCH3 is 1. The molecule has 0 radical (unpaired) electrons. The maximum Gasteiger partial charge on any atom is 0.414 e. The van der Waals surface area contributed by atoms with Crippen LogP contribution in [0.1, 0.15) is 12.0 Å². The second-order valence-corrected chi connectivity index (χ2v) is 5.59. The molecule has 2 aromatic carbocycles. The number of carboxylic acid groups (broad SMARTS) is 1. The van der Waals surface area contributed by atoms with Crippen LogP contribution in [0.2, 0.25) is 5.02 Å². The third-order valence-corrected chi connectivity index (χ3v) is 3.64. The summed E-state index contributed by atoms with van der Waals surface area (Å²) in [7, 11) is 1.46.